The average molecular weight is 233 g/mol. The van der Waals surface area contributed by atoms with Gasteiger partial charge in [-0.15, -0.1) is 0 Å². The highest BCUT2D eigenvalue weighted by Crippen LogP contribution is 2.26. The first kappa shape index (κ1) is 11.7. The van der Waals surface area contributed by atoms with Crippen molar-refractivity contribution in [3.05, 3.63) is 36.4 Å². The number of hydrogen-bond donors (Lipinski definition) is 4. The van der Waals surface area contributed by atoms with Crippen molar-refractivity contribution in [3.8, 4) is 5.75 Å². The zero-order valence-electron chi connectivity index (χ0n) is 9.30. The fraction of sp³-hybridized carbons (Fsp3) is 0.231. The molecule has 4 N–H and O–H groups in total. The molecule has 0 aliphatic heterocycles. The molecular weight excluding hydrogens is 218 g/mol. The summed E-state index contributed by atoms with van der Waals surface area (Å²) in [6.45, 7) is 0.0229. The molecule has 0 aromatic heterocycles. The first-order valence-electron chi connectivity index (χ1n) is 5.45. The van der Waals surface area contributed by atoms with Gasteiger partial charge in [0.2, 0.25) is 0 Å². The second-order valence-electron chi connectivity index (χ2n) is 3.93. The molecule has 1 atom stereocenters. The molecule has 0 fully saturated rings. The van der Waals surface area contributed by atoms with Crippen LogP contribution in [0.1, 0.15) is 0 Å². The number of hydrogen-bond acceptors (Lipinski definition) is 4. The lowest BCUT2D eigenvalue weighted by atomic mass is 10.1. The number of phenols is 1. The second-order valence-corrected chi connectivity index (χ2v) is 3.93. The van der Waals surface area contributed by atoms with E-state index in [1.54, 1.807) is 12.1 Å². The summed E-state index contributed by atoms with van der Waals surface area (Å²) >= 11 is 0. The fourth-order valence-corrected chi connectivity index (χ4v) is 1.72. The summed E-state index contributed by atoms with van der Waals surface area (Å²) in [6, 6.07) is 10.8. The highest BCUT2D eigenvalue weighted by atomic mass is 16.3. The molecule has 0 radical (unpaired) electrons. The van der Waals surface area contributed by atoms with Crippen molar-refractivity contribution in [2.24, 2.45) is 0 Å². The standard InChI is InChI=1S/C13H15NO3/c15-8-11(17)7-14-13-3-1-2-9-6-10(16)4-5-12(9)13/h1-6,11,14-17H,7-8H2. The zero-order chi connectivity index (χ0) is 12.3. The molecule has 0 spiro atoms. The van der Waals surface area contributed by atoms with E-state index >= 15 is 0 Å². The zero-order valence-corrected chi connectivity index (χ0v) is 9.30. The van der Waals surface area contributed by atoms with Crippen LogP contribution in [0.15, 0.2) is 36.4 Å². The Balaban J connectivity index is 2.28. The van der Waals surface area contributed by atoms with Gasteiger partial charge in [-0.3, -0.25) is 0 Å². The lowest BCUT2D eigenvalue weighted by Gasteiger charge is -2.12. The summed E-state index contributed by atoms with van der Waals surface area (Å²) in [5.74, 6) is 0.227. The molecule has 0 saturated heterocycles. The molecule has 2 aromatic rings. The van der Waals surface area contributed by atoms with Gasteiger partial charge in [0.25, 0.3) is 0 Å². The van der Waals surface area contributed by atoms with E-state index < -0.39 is 6.10 Å². The predicted octanol–water partition coefficient (Wildman–Crippen LogP) is 1.31. The molecule has 90 valence electrons. The van der Waals surface area contributed by atoms with Gasteiger partial charge in [-0.05, 0) is 29.7 Å². The van der Waals surface area contributed by atoms with Crippen LogP contribution in [0.3, 0.4) is 0 Å². The van der Waals surface area contributed by atoms with E-state index in [1.165, 1.54) is 0 Å². The molecule has 2 rings (SSSR count). The summed E-state index contributed by atoms with van der Waals surface area (Å²) in [7, 11) is 0. The topological polar surface area (TPSA) is 72.7 Å². The van der Waals surface area contributed by atoms with E-state index in [1.807, 2.05) is 24.3 Å². The summed E-state index contributed by atoms with van der Waals surface area (Å²) < 4.78 is 0. The molecule has 1 unspecified atom stereocenters. The van der Waals surface area contributed by atoms with Crippen LogP contribution in [0.5, 0.6) is 5.75 Å². The van der Waals surface area contributed by atoms with Crippen molar-refractivity contribution in [3.63, 3.8) is 0 Å². The van der Waals surface area contributed by atoms with Crippen LogP contribution in [0.4, 0.5) is 5.69 Å². The Morgan fingerprint density at radius 2 is 2.00 bits per heavy atom. The van der Waals surface area contributed by atoms with Gasteiger partial charge in [0.15, 0.2) is 0 Å². The molecule has 4 nitrogen and oxygen atoms in total. The number of rotatable bonds is 4. The minimum atomic E-state index is -0.776. The number of anilines is 1. The largest absolute Gasteiger partial charge is 0.508 e. The van der Waals surface area contributed by atoms with Gasteiger partial charge in [-0.2, -0.15) is 0 Å². The smallest absolute Gasteiger partial charge is 0.116 e. The van der Waals surface area contributed by atoms with Gasteiger partial charge in [0.05, 0.1) is 12.7 Å². The second kappa shape index (κ2) is 5.03. The van der Waals surface area contributed by atoms with Crippen molar-refractivity contribution < 1.29 is 15.3 Å². The monoisotopic (exact) mass is 233 g/mol. The van der Waals surface area contributed by atoms with Crippen LogP contribution in [0.2, 0.25) is 0 Å². The van der Waals surface area contributed by atoms with Gasteiger partial charge in [0.1, 0.15) is 5.75 Å². The summed E-state index contributed by atoms with van der Waals surface area (Å²) in [4.78, 5) is 0. The van der Waals surface area contributed by atoms with Crippen LogP contribution in [-0.4, -0.2) is 34.6 Å². The number of aromatic hydroxyl groups is 1. The molecule has 0 aliphatic carbocycles. The van der Waals surface area contributed by atoms with Gasteiger partial charge in [0, 0.05) is 17.6 Å². The number of fused-ring (bicyclic) bond motifs is 1. The van der Waals surface area contributed by atoms with Crippen LogP contribution in [0, 0.1) is 0 Å². The molecule has 17 heavy (non-hydrogen) atoms. The average Bonchev–Trinajstić information content (AvgIpc) is 2.35. The Kier molecular flexibility index (Phi) is 3.46. The van der Waals surface area contributed by atoms with Gasteiger partial charge in [-0.25, -0.2) is 0 Å². The number of benzene rings is 2. The van der Waals surface area contributed by atoms with Crippen LogP contribution >= 0.6 is 0 Å². The Bertz CT molecular complexity index is 513. The van der Waals surface area contributed by atoms with Gasteiger partial charge >= 0.3 is 0 Å². The highest BCUT2D eigenvalue weighted by molar-refractivity contribution is 5.94. The van der Waals surface area contributed by atoms with E-state index in [2.05, 4.69) is 5.32 Å². The maximum absolute atomic E-state index is 9.38. The molecule has 2 aromatic carbocycles. The Morgan fingerprint density at radius 3 is 2.76 bits per heavy atom. The lowest BCUT2D eigenvalue weighted by Crippen LogP contribution is -2.22. The maximum Gasteiger partial charge on any atom is 0.116 e. The molecular formula is C13H15NO3. The van der Waals surface area contributed by atoms with E-state index in [0.717, 1.165) is 16.5 Å². The molecule has 0 bridgehead atoms. The SMILES string of the molecule is OCC(O)CNc1cccc2cc(O)ccc12. The van der Waals surface area contributed by atoms with Gasteiger partial charge < -0.3 is 20.6 Å². The first-order valence-corrected chi connectivity index (χ1v) is 5.45. The predicted molar refractivity (Wildman–Crippen MR) is 67.2 cm³/mol. The quantitative estimate of drug-likeness (QED) is 0.642. The minimum Gasteiger partial charge on any atom is -0.508 e. The highest BCUT2D eigenvalue weighted by Gasteiger charge is 2.04. The summed E-state index contributed by atoms with van der Waals surface area (Å²) in [5, 5.41) is 32.4. The molecule has 0 heterocycles. The molecule has 0 saturated carbocycles. The van der Waals surface area contributed by atoms with E-state index in [4.69, 9.17) is 5.11 Å². The van der Waals surface area contributed by atoms with Gasteiger partial charge in [-0.1, -0.05) is 12.1 Å². The van der Waals surface area contributed by atoms with E-state index in [0.29, 0.717) is 0 Å². The van der Waals surface area contributed by atoms with Crippen LogP contribution < -0.4 is 5.32 Å². The number of nitrogens with one attached hydrogen (secondary N) is 1. The van der Waals surface area contributed by atoms with Crippen LogP contribution in [-0.2, 0) is 0 Å². The normalized spacial score (nSPS) is 12.6. The third-order valence-electron chi connectivity index (χ3n) is 2.60. The van der Waals surface area contributed by atoms with E-state index in [-0.39, 0.29) is 18.9 Å². The lowest BCUT2D eigenvalue weighted by molar-refractivity contribution is 0.105. The Morgan fingerprint density at radius 1 is 1.18 bits per heavy atom. The fourth-order valence-electron chi connectivity index (χ4n) is 1.72. The van der Waals surface area contributed by atoms with Crippen LogP contribution in [0.25, 0.3) is 10.8 Å². The minimum absolute atomic E-state index is 0.227. The third kappa shape index (κ3) is 2.67. The number of phenolic OH excluding ortho intramolecular Hbond substituents is 1. The summed E-state index contributed by atoms with van der Waals surface area (Å²) in [5.41, 5.74) is 0.870. The third-order valence-corrected chi connectivity index (χ3v) is 2.60. The maximum atomic E-state index is 9.38. The van der Waals surface area contributed by atoms with Crippen molar-refractivity contribution in [1.82, 2.24) is 0 Å². The summed E-state index contributed by atoms with van der Waals surface area (Å²) in [6.07, 6.45) is -0.776. The van der Waals surface area contributed by atoms with Crippen molar-refractivity contribution >= 4 is 16.5 Å². The number of aliphatic hydroxyl groups is 2. The van der Waals surface area contributed by atoms with Crippen molar-refractivity contribution in [2.75, 3.05) is 18.5 Å². The number of aliphatic hydroxyl groups excluding tert-OH is 2. The Hall–Kier alpha value is -1.78. The van der Waals surface area contributed by atoms with Crippen molar-refractivity contribution in [1.29, 1.82) is 0 Å². The molecule has 0 amide bonds. The van der Waals surface area contributed by atoms with Crippen molar-refractivity contribution in [2.45, 2.75) is 6.10 Å². The molecule has 4 heteroatoms. The van der Waals surface area contributed by atoms with E-state index in [9.17, 15) is 10.2 Å². The first-order chi connectivity index (χ1) is 8.20. The molecule has 0 aliphatic rings. The Labute approximate surface area is 99.1 Å².